The molecule has 0 spiro atoms. The average Bonchev–Trinajstić information content (AvgIpc) is 2.21. The Morgan fingerprint density at radius 1 is 1.38 bits per heavy atom. The maximum absolute atomic E-state index is 10.7. The van der Waals surface area contributed by atoms with Crippen LogP contribution >= 0.6 is 22.6 Å². The molecule has 2 rings (SSSR count). The predicted octanol–water partition coefficient (Wildman–Crippen LogP) is 2.87. The first-order valence-corrected chi connectivity index (χ1v) is 6.24. The zero-order chi connectivity index (χ0) is 12.1. The highest BCUT2D eigenvalue weighted by Gasteiger charge is 2.21. The van der Waals surface area contributed by atoms with Gasteiger partial charge in [-0.15, -0.1) is 0 Å². The van der Waals surface area contributed by atoms with E-state index < -0.39 is 5.97 Å². The Morgan fingerprint density at radius 2 is 2.00 bits per heavy atom. The number of halogens is 1. The van der Waals surface area contributed by atoms with Gasteiger partial charge < -0.3 is 10.2 Å². The van der Waals surface area contributed by atoms with Gasteiger partial charge >= 0.3 is 5.97 Å². The number of hydrogen-bond donors (Lipinski definition) is 2. The molecule has 3 nitrogen and oxygen atoms in total. The Kier molecular flexibility index (Phi) is 5.21. The van der Waals surface area contributed by atoms with Crippen LogP contribution in [0.2, 0.25) is 0 Å². The third-order valence-electron chi connectivity index (χ3n) is 2.79. The van der Waals surface area contributed by atoms with Gasteiger partial charge in [0.25, 0.3) is 0 Å². The van der Waals surface area contributed by atoms with Gasteiger partial charge in [0.05, 0.1) is 5.56 Å². The lowest BCUT2D eigenvalue weighted by molar-refractivity contribution is 0.0696. The van der Waals surface area contributed by atoms with Crippen LogP contribution in [0.25, 0.3) is 0 Å². The molecule has 0 radical (unpaired) electrons. The summed E-state index contributed by atoms with van der Waals surface area (Å²) in [4.78, 5) is 10.7. The van der Waals surface area contributed by atoms with E-state index in [9.17, 15) is 4.79 Å². The van der Waals surface area contributed by atoms with Crippen molar-refractivity contribution in [1.29, 1.82) is 0 Å². The number of rotatable bonds is 2. The molecular weight excluding hydrogens is 319 g/mol. The topological polar surface area (TPSA) is 57.5 Å². The number of aromatic carboxylic acids is 1. The summed E-state index contributed by atoms with van der Waals surface area (Å²) in [6.07, 6.45) is 3.81. The summed E-state index contributed by atoms with van der Waals surface area (Å²) in [7, 11) is 1.00. The Bertz CT molecular complexity index is 373. The second-order valence-corrected chi connectivity index (χ2v) is 4.83. The van der Waals surface area contributed by atoms with Crippen LogP contribution in [0.5, 0.6) is 0 Å². The highest BCUT2D eigenvalue weighted by molar-refractivity contribution is 14.1. The molecule has 88 valence electrons. The Morgan fingerprint density at radius 3 is 2.38 bits per heavy atom. The summed E-state index contributed by atoms with van der Waals surface area (Å²) in [6, 6.07) is 5.43. The third kappa shape index (κ3) is 2.95. The van der Waals surface area contributed by atoms with Crippen molar-refractivity contribution in [3.05, 3.63) is 32.9 Å². The minimum Gasteiger partial charge on any atom is -0.478 e. The first-order valence-electron chi connectivity index (χ1n) is 5.16. The van der Waals surface area contributed by atoms with Gasteiger partial charge in [0, 0.05) is 10.7 Å². The quantitative estimate of drug-likeness (QED) is 0.818. The zero-order valence-electron chi connectivity index (χ0n) is 9.11. The van der Waals surface area contributed by atoms with E-state index in [1.165, 1.54) is 24.8 Å². The fraction of sp³-hybridized carbons (Fsp3) is 0.417. The van der Waals surface area contributed by atoms with Crippen LogP contribution in [-0.2, 0) is 0 Å². The lowest BCUT2D eigenvalue weighted by Crippen LogP contribution is -2.11. The van der Waals surface area contributed by atoms with Crippen molar-refractivity contribution in [2.24, 2.45) is 0 Å². The Labute approximate surface area is 109 Å². The molecule has 1 aromatic carbocycles. The lowest BCUT2D eigenvalue weighted by atomic mass is 9.80. The average molecular weight is 334 g/mol. The fourth-order valence-corrected chi connectivity index (χ4v) is 2.67. The molecule has 4 heteroatoms. The lowest BCUT2D eigenvalue weighted by Gasteiger charge is -2.26. The molecule has 1 aliphatic rings. The summed E-state index contributed by atoms with van der Waals surface area (Å²) in [6.45, 7) is 0. The highest BCUT2D eigenvalue weighted by Crippen LogP contribution is 2.38. The maximum Gasteiger partial charge on any atom is 0.335 e. The molecule has 0 saturated heterocycles. The van der Waals surface area contributed by atoms with E-state index in [1.54, 1.807) is 12.1 Å². The standard InChI is InChI=1S/C11H11IO2.CH4O/c12-10-6-8(11(13)14)4-5-9(10)7-2-1-3-7;1-2/h4-7H,1-3H2,(H,13,14);2H,1H3. The molecule has 1 saturated carbocycles. The Hall–Kier alpha value is -0.620. The monoisotopic (exact) mass is 334 g/mol. The first-order chi connectivity index (χ1) is 7.68. The van der Waals surface area contributed by atoms with Crippen LogP contribution in [-0.4, -0.2) is 23.3 Å². The van der Waals surface area contributed by atoms with Crippen LogP contribution in [0.1, 0.15) is 41.1 Å². The van der Waals surface area contributed by atoms with Crippen LogP contribution in [0.3, 0.4) is 0 Å². The molecule has 0 unspecified atom stereocenters. The van der Waals surface area contributed by atoms with Gasteiger partial charge in [-0.1, -0.05) is 12.5 Å². The minimum atomic E-state index is -0.844. The van der Waals surface area contributed by atoms with E-state index in [-0.39, 0.29) is 0 Å². The van der Waals surface area contributed by atoms with Crippen molar-refractivity contribution in [1.82, 2.24) is 0 Å². The van der Waals surface area contributed by atoms with Crippen molar-refractivity contribution >= 4 is 28.6 Å². The largest absolute Gasteiger partial charge is 0.478 e. The molecule has 0 aliphatic heterocycles. The van der Waals surface area contributed by atoms with Crippen molar-refractivity contribution in [3.63, 3.8) is 0 Å². The van der Waals surface area contributed by atoms with Gasteiger partial charge in [-0.3, -0.25) is 0 Å². The SMILES string of the molecule is CO.O=C(O)c1ccc(C2CCC2)c(I)c1. The van der Waals surface area contributed by atoms with E-state index in [1.807, 2.05) is 6.07 Å². The van der Waals surface area contributed by atoms with Crippen LogP contribution in [0.15, 0.2) is 18.2 Å². The molecular formula is C12H15IO3. The fourth-order valence-electron chi connectivity index (χ4n) is 1.71. The molecule has 1 fully saturated rings. The molecule has 16 heavy (non-hydrogen) atoms. The van der Waals surface area contributed by atoms with Crippen LogP contribution in [0.4, 0.5) is 0 Å². The third-order valence-corrected chi connectivity index (χ3v) is 3.73. The second-order valence-electron chi connectivity index (χ2n) is 3.67. The van der Waals surface area contributed by atoms with Crippen molar-refractivity contribution in [3.8, 4) is 0 Å². The minimum absolute atomic E-state index is 0.387. The number of carboxylic acid groups (broad SMARTS) is 1. The molecule has 1 aromatic rings. The Balaban J connectivity index is 0.000000606. The van der Waals surface area contributed by atoms with Gasteiger partial charge in [-0.05, 0) is 59.0 Å². The smallest absolute Gasteiger partial charge is 0.335 e. The molecule has 0 amide bonds. The molecule has 1 aliphatic carbocycles. The van der Waals surface area contributed by atoms with E-state index >= 15 is 0 Å². The van der Waals surface area contributed by atoms with E-state index in [0.29, 0.717) is 11.5 Å². The first kappa shape index (κ1) is 13.4. The van der Waals surface area contributed by atoms with E-state index in [2.05, 4.69) is 22.6 Å². The highest BCUT2D eigenvalue weighted by atomic mass is 127. The molecule has 0 atom stereocenters. The number of aliphatic hydroxyl groups excluding tert-OH is 1. The molecule has 0 heterocycles. The maximum atomic E-state index is 10.7. The second kappa shape index (κ2) is 6.20. The number of aliphatic hydroxyl groups is 1. The van der Waals surface area contributed by atoms with Gasteiger partial charge in [0.2, 0.25) is 0 Å². The molecule has 2 N–H and O–H groups in total. The predicted molar refractivity (Wildman–Crippen MR) is 70.9 cm³/mol. The summed E-state index contributed by atoms with van der Waals surface area (Å²) >= 11 is 2.23. The van der Waals surface area contributed by atoms with E-state index in [0.717, 1.165) is 10.7 Å². The van der Waals surface area contributed by atoms with Crippen LogP contribution < -0.4 is 0 Å². The number of carboxylic acids is 1. The summed E-state index contributed by atoms with van der Waals surface area (Å²) < 4.78 is 1.09. The van der Waals surface area contributed by atoms with Gasteiger partial charge in [-0.2, -0.15) is 0 Å². The molecule has 0 bridgehead atoms. The molecule has 0 aromatic heterocycles. The zero-order valence-corrected chi connectivity index (χ0v) is 11.3. The summed E-state index contributed by atoms with van der Waals surface area (Å²) in [5, 5.41) is 15.8. The van der Waals surface area contributed by atoms with Crippen molar-refractivity contribution in [2.75, 3.05) is 7.11 Å². The number of hydrogen-bond acceptors (Lipinski definition) is 2. The van der Waals surface area contributed by atoms with Gasteiger partial charge in [0.1, 0.15) is 0 Å². The summed E-state index contributed by atoms with van der Waals surface area (Å²) in [5.41, 5.74) is 1.71. The van der Waals surface area contributed by atoms with Crippen molar-refractivity contribution < 1.29 is 15.0 Å². The van der Waals surface area contributed by atoms with E-state index in [4.69, 9.17) is 10.2 Å². The van der Waals surface area contributed by atoms with Gasteiger partial charge in [-0.25, -0.2) is 4.79 Å². The van der Waals surface area contributed by atoms with Gasteiger partial charge in [0.15, 0.2) is 0 Å². The normalized spacial score (nSPS) is 14.7. The summed E-state index contributed by atoms with van der Waals surface area (Å²) in [5.74, 6) is -0.173. The van der Waals surface area contributed by atoms with Crippen molar-refractivity contribution in [2.45, 2.75) is 25.2 Å². The number of benzene rings is 1. The number of carbonyl (C=O) groups is 1. The van der Waals surface area contributed by atoms with Crippen LogP contribution in [0, 0.1) is 3.57 Å².